The van der Waals surface area contributed by atoms with Gasteiger partial charge in [0.2, 0.25) is 0 Å². The minimum absolute atomic E-state index is 0.0677. The van der Waals surface area contributed by atoms with E-state index in [0.717, 1.165) is 45.2 Å². The van der Waals surface area contributed by atoms with Crippen molar-refractivity contribution in [2.24, 2.45) is 23.5 Å². The molecule has 0 bridgehead atoms. The molecular formula is C14H25N3O3. The van der Waals surface area contributed by atoms with Gasteiger partial charge in [0, 0.05) is 19.6 Å². The monoisotopic (exact) mass is 283 g/mol. The molecule has 4 N–H and O–H groups in total. The Morgan fingerprint density at radius 3 is 2.65 bits per heavy atom. The van der Waals surface area contributed by atoms with E-state index in [1.54, 1.807) is 4.90 Å². The number of hydrogen-bond donors (Lipinski definition) is 3. The number of amides is 2. The van der Waals surface area contributed by atoms with E-state index < -0.39 is 5.97 Å². The molecule has 0 spiro atoms. The summed E-state index contributed by atoms with van der Waals surface area (Å²) in [5, 5.41) is 12.1. The standard InChI is InChI=1S/C14H25N3O3/c15-7-10-5-6-17(9-10)14(20)16-8-11-3-1-2-4-12(11)13(18)19/h10-12H,1-9,15H2,(H,16,20)(H,18,19). The number of hydrogen-bond acceptors (Lipinski definition) is 3. The van der Waals surface area contributed by atoms with E-state index in [0.29, 0.717) is 19.0 Å². The Hall–Kier alpha value is -1.30. The molecule has 114 valence electrons. The molecule has 0 aromatic rings. The molecule has 2 rings (SSSR count). The third-order valence-electron chi connectivity index (χ3n) is 4.65. The van der Waals surface area contributed by atoms with Gasteiger partial charge in [-0.05, 0) is 37.6 Å². The number of nitrogens with one attached hydrogen (secondary N) is 1. The molecule has 2 aliphatic rings. The van der Waals surface area contributed by atoms with Crippen LogP contribution in [0.3, 0.4) is 0 Å². The molecule has 6 heteroatoms. The van der Waals surface area contributed by atoms with Gasteiger partial charge in [-0.15, -0.1) is 0 Å². The van der Waals surface area contributed by atoms with Gasteiger partial charge in [0.25, 0.3) is 0 Å². The van der Waals surface area contributed by atoms with Gasteiger partial charge < -0.3 is 21.1 Å². The van der Waals surface area contributed by atoms with E-state index in [1.165, 1.54) is 0 Å². The molecule has 3 unspecified atom stereocenters. The molecule has 1 aliphatic carbocycles. The van der Waals surface area contributed by atoms with Crippen molar-refractivity contribution in [2.45, 2.75) is 32.1 Å². The second-order valence-electron chi connectivity index (χ2n) is 6.01. The summed E-state index contributed by atoms with van der Waals surface area (Å²) in [6.45, 7) is 2.56. The molecule has 20 heavy (non-hydrogen) atoms. The van der Waals surface area contributed by atoms with Crippen LogP contribution < -0.4 is 11.1 Å². The summed E-state index contributed by atoms with van der Waals surface area (Å²) in [5.41, 5.74) is 5.61. The van der Waals surface area contributed by atoms with Crippen LogP contribution in [-0.2, 0) is 4.79 Å². The minimum atomic E-state index is -0.728. The molecular weight excluding hydrogens is 258 g/mol. The van der Waals surface area contributed by atoms with E-state index in [9.17, 15) is 14.7 Å². The number of carbonyl (C=O) groups is 2. The van der Waals surface area contributed by atoms with Crippen LogP contribution in [0.1, 0.15) is 32.1 Å². The van der Waals surface area contributed by atoms with Crippen molar-refractivity contribution in [2.75, 3.05) is 26.2 Å². The zero-order valence-electron chi connectivity index (χ0n) is 11.9. The van der Waals surface area contributed by atoms with Crippen LogP contribution in [0.25, 0.3) is 0 Å². The lowest BCUT2D eigenvalue weighted by Crippen LogP contribution is -2.43. The van der Waals surface area contributed by atoms with E-state index >= 15 is 0 Å². The molecule has 0 radical (unpaired) electrons. The van der Waals surface area contributed by atoms with E-state index in [1.807, 2.05) is 0 Å². The summed E-state index contributed by atoms with van der Waals surface area (Å²) >= 11 is 0. The molecule has 0 aromatic carbocycles. The topological polar surface area (TPSA) is 95.7 Å². The van der Waals surface area contributed by atoms with Crippen LogP contribution in [0.5, 0.6) is 0 Å². The lowest BCUT2D eigenvalue weighted by Gasteiger charge is -2.29. The van der Waals surface area contributed by atoms with Gasteiger partial charge >= 0.3 is 12.0 Å². The Kier molecular flexibility index (Phi) is 5.23. The number of carboxylic acid groups (broad SMARTS) is 1. The van der Waals surface area contributed by atoms with Crippen LogP contribution in [0, 0.1) is 17.8 Å². The highest BCUT2D eigenvalue weighted by atomic mass is 16.4. The number of likely N-dealkylation sites (tertiary alicyclic amines) is 1. The van der Waals surface area contributed by atoms with Crippen molar-refractivity contribution < 1.29 is 14.7 Å². The number of aliphatic carboxylic acids is 1. The number of rotatable bonds is 4. The van der Waals surface area contributed by atoms with E-state index in [4.69, 9.17) is 5.73 Å². The molecule has 3 atom stereocenters. The number of nitrogens with zero attached hydrogens (tertiary/aromatic N) is 1. The summed E-state index contributed by atoms with van der Waals surface area (Å²) in [7, 11) is 0. The fourth-order valence-electron chi connectivity index (χ4n) is 3.32. The van der Waals surface area contributed by atoms with Gasteiger partial charge in [0.1, 0.15) is 0 Å². The number of nitrogens with two attached hydrogens (primary N) is 1. The first-order valence-corrected chi connectivity index (χ1v) is 7.57. The maximum atomic E-state index is 12.1. The van der Waals surface area contributed by atoms with E-state index in [-0.39, 0.29) is 17.9 Å². The van der Waals surface area contributed by atoms with Crippen molar-refractivity contribution in [3.63, 3.8) is 0 Å². The summed E-state index contributed by atoms with van der Waals surface area (Å²) < 4.78 is 0. The van der Waals surface area contributed by atoms with Gasteiger partial charge in [-0.2, -0.15) is 0 Å². The first-order chi connectivity index (χ1) is 9.61. The van der Waals surface area contributed by atoms with Crippen LogP contribution in [0.2, 0.25) is 0 Å². The molecule has 1 heterocycles. The highest BCUT2D eigenvalue weighted by Gasteiger charge is 2.32. The van der Waals surface area contributed by atoms with E-state index in [2.05, 4.69) is 5.32 Å². The largest absolute Gasteiger partial charge is 0.481 e. The third-order valence-corrected chi connectivity index (χ3v) is 4.65. The van der Waals surface area contributed by atoms with Gasteiger partial charge in [-0.1, -0.05) is 12.8 Å². The lowest BCUT2D eigenvalue weighted by atomic mass is 9.79. The Balaban J connectivity index is 1.79. The quantitative estimate of drug-likeness (QED) is 0.713. The third kappa shape index (κ3) is 3.62. The van der Waals surface area contributed by atoms with Gasteiger partial charge in [-0.25, -0.2) is 4.79 Å². The zero-order valence-corrected chi connectivity index (χ0v) is 11.9. The van der Waals surface area contributed by atoms with Crippen LogP contribution in [0.4, 0.5) is 4.79 Å². The van der Waals surface area contributed by atoms with Crippen molar-refractivity contribution in [3.8, 4) is 0 Å². The van der Waals surface area contributed by atoms with Crippen LogP contribution >= 0.6 is 0 Å². The summed E-state index contributed by atoms with van der Waals surface area (Å²) in [6.07, 6.45) is 4.62. The summed E-state index contributed by atoms with van der Waals surface area (Å²) in [6, 6.07) is -0.0735. The molecule has 2 amide bonds. The minimum Gasteiger partial charge on any atom is -0.481 e. The molecule has 2 fully saturated rings. The predicted molar refractivity (Wildman–Crippen MR) is 75.2 cm³/mol. The lowest BCUT2D eigenvalue weighted by molar-refractivity contribution is -0.144. The van der Waals surface area contributed by atoms with Gasteiger partial charge in [0.15, 0.2) is 0 Å². The van der Waals surface area contributed by atoms with Gasteiger partial charge in [-0.3, -0.25) is 4.79 Å². The molecule has 1 saturated carbocycles. The van der Waals surface area contributed by atoms with Crippen molar-refractivity contribution in [1.82, 2.24) is 10.2 Å². The fourth-order valence-corrected chi connectivity index (χ4v) is 3.32. The normalized spacial score (nSPS) is 30.2. The second kappa shape index (κ2) is 6.92. The molecule has 1 saturated heterocycles. The smallest absolute Gasteiger partial charge is 0.317 e. The summed E-state index contributed by atoms with van der Waals surface area (Å²) in [4.78, 5) is 25.1. The maximum absolute atomic E-state index is 12.1. The Labute approximate surface area is 119 Å². The Bertz CT molecular complexity index is 362. The Morgan fingerprint density at radius 2 is 2.00 bits per heavy atom. The average Bonchev–Trinajstić information content (AvgIpc) is 2.94. The Morgan fingerprint density at radius 1 is 1.25 bits per heavy atom. The van der Waals surface area contributed by atoms with Crippen LogP contribution in [-0.4, -0.2) is 48.2 Å². The SMILES string of the molecule is NCC1CCN(C(=O)NCC2CCCCC2C(=O)O)C1. The highest BCUT2D eigenvalue weighted by Crippen LogP contribution is 2.29. The average molecular weight is 283 g/mol. The maximum Gasteiger partial charge on any atom is 0.317 e. The molecule has 6 nitrogen and oxygen atoms in total. The number of carbonyl (C=O) groups excluding carboxylic acids is 1. The predicted octanol–water partition coefficient (Wildman–Crippen LogP) is 0.868. The highest BCUT2D eigenvalue weighted by molar-refractivity contribution is 5.75. The van der Waals surface area contributed by atoms with Crippen molar-refractivity contribution >= 4 is 12.0 Å². The van der Waals surface area contributed by atoms with Crippen molar-refractivity contribution in [1.29, 1.82) is 0 Å². The van der Waals surface area contributed by atoms with Crippen molar-refractivity contribution in [3.05, 3.63) is 0 Å². The fraction of sp³-hybridized carbons (Fsp3) is 0.857. The van der Waals surface area contributed by atoms with Crippen LogP contribution in [0.15, 0.2) is 0 Å². The first-order valence-electron chi connectivity index (χ1n) is 7.57. The molecule has 1 aliphatic heterocycles. The second-order valence-corrected chi connectivity index (χ2v) is 6.01. The number of urea groups is 1. The summed E-state index contributed by atoms with van der Waals surface area (Å²) in [5.74, 6) is -0.562. The molecule has 0 aromatic heterocycles. The van der Waals surface area contributed by atoms with Gasteiger partial charge in [0.05, 0.1) is 5.92 Å². The first kappa shape index (κ1) is 15.1. The number of carboxylic acids is 1. The zero-order chi connectivity index (χ0) is 14.5.